The molecule has 0 saturated heterocycles. The highest BCUT2D eigenvalue weighted by molar-refractivity contribution is 7.91. The van der Waals surface area contributed by atoms with E-state index in [9.17, 15) is 8.42 Å². The quantitative estimate of drug-likeness (QED) is 0.660. The third kappa shape index (κ3) is 4.77. The Balaban J connectivity index is 2.17. The van der Waals surface area contributed by atoms with E-state index in [4.69, 9.17) is 32.7 Å². The van der Waals surface area contributed by atoms with Crippen LogP contribution in [0.25, 0.3) is 0 Å². The van der Waals surface area contributed by atoms with Crippen molar-refractivity contribution in [3.8, 4) is 11.5 Å². The molecular formula is C16H16Cl2O4S. The van der Waals surface area contributed by atoms with E-state index in [2.05, 4.69) is 0 Å². The van der Waals surface area contributed by atoms with Crippen LogP contribution < -0.4 is 9.47 Å². The Bertz CT molecular complexity index is 655. The molecule has 0 N–H and O–H groups in total. The average Bonchev–Trinajstić information content (AvgIpc) is 2.59. The fourth-order valence-electron chi connectivity index (χ4n) is 1.88. The molecule has 0 aliphatic rings. The van der Waals surface area contributed by atoms with Crippen LogP contribution in [-0.2, 0) is 9.84 Å². The van der Waals surface area contributed by atoms with Crippen molar-refractivity contribution in [1.82, 2.24) is 0 Å². The van der Waals surface area contributed by atoms with Crippen LogP contribution in [0.15, 0.2) is 58.3 Å². The Labute approximate surface area is 145 Å². The molecule has 0 aliphatic carbocycles. The van der Waals surface area contributed by atoms with E-state index in [-0.39, 0.29) is 9.79 Å². The maximum atomic E-state index is 12.6. The van der Waals surface area contributed by atoms with E-state index >= 15 is 0 Å². The minimum Gasteiger partial charge on any atom is -0.492 e. The van der Waals surface area contributed by atoms with Crippen LogP contribution in [0.2, 0.25) is 0 Å². The van der Waals surface area contributed by atoms with Gasteiger partial charge in [0, 0.05) is 0 Å². The van der Waals surface area contributed by atoms with Crippen LogP contribution in [0.5, 0.6) is 11.5 Å². The number of halogens is 2. The first kappa shape index (κ1) is 17.9. The molecule has 0 bridgehead atoms. The van der Waals surface area contributed by atoms with Crippen LogP contribution in [-0.4, -0.2) is 33.4 Å². The summed E-state index contributed by atoms with van der Waals surface area (Å²) in [5.41, 5.74) is 0. The van der Waals surface area contributed by atoms with Gasteiger partial charge in [0.2, 0.25) is 9.84 Å². The molecule has 0 spiro atoms. The van der Waals surface area contributed by atoms with E-state index in [0.717, 1.165) is 0 Å². The smallest absolute Gasteiger partial charge is 0.206 e. The van der Waals surface area contributed by atoms with Gasteiger partial charge >= 0.3 is 0 Å². The minimum absolute atomic E-state index is 0.199. The van der Waals surface area contributed by atoms with Crippen molar-refractivity contribution in [3.05, 3.63) is 48.5 Å². The zero-order valence-corrected chi connectivity index (χ0v) is 14.6. The topological polar surface area (TPSA) is 52.6 Å². The zero-order valence-electron chi connectivity index (χ0n) is 12.2. The number of benzene rings is 2. The number of hydrogen-bond acceptors (Lipinski definition) is 4. The largest absolute Gasteiger partial charge is 0.492 e. The average molecular weight is 375 g/mol. The fraction of sp³-hybridized carbons (Fsp3) is 0.250. The van der Waals surface area contributed by atoms with Gasteiger partial charge < -0.3 is 9.47 Å². The van der Waals surface area contributed by atoms with E-state index < -0.39 is 9.84 Å². The summed E-state index contributed by atoms with van der Waals surface area (Å²) in [6.07, 6.45) is 0. The Morgan fingerprint density at radius 2 is 1.04 bits per heavy atom. The van der Waals surface area contributed by atoms with E-state index in [1.54, 1.807) is 24.3 Å². The molecule has 0 aliphatic heterocycles. The van der Waals surface area contributed by atoms with Crippen molar-refractivity contribution >= 4 is 33.0 Å². The van der Waals surface area contributed by atoms with Gasteiger partial charge in [-0.05, 0) is 48.5 Å². The molecular weight excluding hydrogens is 359 g/mol. The third-order valence-corrected chi connectivity index (χ3v) is 5.05. The predicted octanol–water partition coefficient (Wildman–Crippen LogP) is 3.75. The summed E-state index contributed by atoms with van der Waals surface area (Å²) in [4.78, 5) is 0.398. The fourth-order valence-corrected chi connectivity index (χ4v) is 3.29. The van der Waals surface area contributed by atoms with Crippen LogP contribution in [0.1, 0.15) is 0 Å². The molecule has 2 rings (SSSR count). The maximum Gasteiger partial charge on any atom is 0.206 e. The molecule has 7 heteroatoms. The third-order valence-electron chi connectivity index (χ3n) is 2.96. The molecule has 0 unspecified atom stereocenters. The predicted molar refractivity (Wildman–Crippen MR) is 90.8 cm³/mol. The number of alkyl halides is 2. The van der Waals surface area contributed by atoms with E-state index in [1.165, 1.54) is 24.3 Å². The van der Waals surface area contributed by atoms with Gasteiger partial charge in [0.25, 0.3) is 0 Å². The highest BCUT2D eigenvalue weighted by atomic mass is 35.5. The Morgan fingerprint density at radius 3 is 1.35 bits per heavy atom. The highest BCUT2D eigenvalue weighted by Gasteiger charge is 2.17. The molecule has 2 aromatic carbocycles. The lowest BCUT2D eigenvalue weighted by Crippen LogP contribution is -2.03. The molecule has 0 saturated carbocycles. The molecule has 2 aromatic rings. The Morgan fingerprint density at radius 1 is 0.696 bits per heavy atom. The summed E-state index contributed by atoms with van der Waals surface area (Å²) in [5.74, 6) is 1.90. The highest BCUT2D eigenvalue weighted by Crippen LogP contribution is 2.24. The summed E-state index contributed by atoms with van der Waals surface area (Å²) in [7, 11) is -3.58. The number of sulfone groups is 1. The number of hydrogen-bond donors (Lipinski definition) is 0. The number of ether oxygens (including phenoxy) is 2. The van der Waals surface area contributed by atoms with Gasteiger partial charge in [-0.25, -0.2) is 8.42 Å². The van der Waals surface area contributed by atoms with Gasteiger partial charge in [-0.1, -0.05) is 0 Å². The lowest BCUT2D eigenvalue weighted by molar-refractivity contribution is 0.342. The van der Waals surface area contributed by atoms with Gasteiger partial charge in [-0.3, -0.25) is 0 Å². The second-order valence-electron chi connectivity index (χ2n) is 4.52. The van der Waals surface area contributed by atoms with Crippen molar-refractivity contribution in [1.29, 1.82) is 0 Å². The first-order valence-electron chi connectivity index (χ1n) is 6.90. The van der Waals surface area contributed by atoms with E-state index in [1.807, 2.05) is 0 Å². The molecule has 23 heavy (non-hydrogen) atoms. The molecule has 0 amide bonds. The summed E-state index contributed by atoms with van der Waals surface area (Å²) in [6.45, 7) is 0.745. The summed E-state index contributed by atoms with van der Waals surface area (Å²) >= 11 is 11.1. The Kier molecular flexibility index (Phi) is 6.57. The molecule has 0 radical (unpaired) electrons. The van der Waals surface area contributed by atoms with Gasteiger partial charge in [-0.2, -0.15) is 0 Å². The second kappa shape index (κ2) is 8.43. The molecule has 0 fully saturated rings. The Hall–Kier alpha value is -1.43. The molecule has 0 aromatic heterocycles. The van der Waals surface area contributed by atoms with Crippen LogP contribution in [0, 0.1) is 0 Å². The van der Waals surface area contributed by atoms with Crippen molar-refractivity contribution < 1.29 is 17.9 Å². The molecule has 0 atom stereocenters. The lowest BCUT2D eigenvalue weighted by Gasteiger charge is -2.08. The minimum atomic E-state index is -3.58. The molecule has 124 valence electrons. The molecule has 0 heterocycles. The van der Waals surface area contributed by atoms with Crippen molar-refractivity contribution in [2.24, 2.45) is 0 Å². The standard InChI is InChI=1S/C16H16Cl2O4S/c17-9-11-21-13-1-5-15(6-2-13)23(19,20)16-7-3-14(4-8-16)22-12-10-18/h1-8H,9-12H2. The van der Waals surface area contributed by atoms with Crippen LogP contribution in [0.3, 0.4) is 0 Å². The summed E-state index contributed by atoms with van der Waals surface area (Å²) < 4.78 is 35.8. The van der Waals surface area contributed by atoms with Gasteiger partial charge in [0.15, 0.2) is 0 Å². The lowest BCUT2D eigenvalue weighted by atomic mass is 10.3. The number of rotatable bonds is 8. The van der Waals surface area contributed by atoms with Crippen molar-refractivity contribution in [2.75, 3.05) is 25.0 Å². The van der Waals surface area contributed by atoms with Crippen molar-refractivity contribution in [2.45, 2.75) is 9.79 Å². The van der Waals surface area contributed by atoms with E-state index in [0.29, 0.717) is 36.5 Å². The summed E-state index contributed by atoms with van der Waals surface area (Å²) in [6, 6.07) is 12.5. The second-order valence-corrected chi connectivity index (χ2v) is 7.23. The van der Waals surface area contributed by atoms with Crippen LogP contribution in [0.4, 0.5) is 0 Å². The molecule has 4 nitrogen and oxygen atoms in total. The van der Waals surface area contributed by atoms with Gasteiger partial charge in [-0.15, -0.1) is 23.2 Å². The normalized spacial score (nSPS) is 11.2. The zero-order chi connectivity index (χ0) is 16.7. The first-order valence-corrected chi connectivity index (χ1v) is 9.46. The monoisotopic (exact) mass is 374 g/mol. The first-order chi connectivity index (χ1) is 11.1. The van der Waals surface area contributed by atoms with Crippen molar-refractivity contribution in [3.63, 3.8) is 0 Å². The maximum absolute atomic E-state index is 12.6. The summed E-state index contributed by atoms with van der Waals surface area (Å²) in [5, 5.41) is 0. The van der Waals surface area contributed by atoms with Crippen LogP contribution >= 0.6 is 23.2 Å². The van der Waals surface area contributed by atoms with Gasteiger partial charge in [0.05, 0.1) is 21.6 Å². The SMILES string of the molecule is O=S(=O)(c1ccc(OCCCl)cc1)c1ccc(OCCCl)cc1. The van der Waals surface area contributed by atoms with Gasteiger partial charge in [0.1, 0.15) is 24.7 Å².